The van der Waals surface area contributed by atoms with Crippen LogP contribution in [0.3, 0.4) is 0 Å². The number of piperidine rings is 1. The van der Waals surface area contributed by atoms with Crippen LogP contribution in [0.5, 0.6) is 5.75 Å². The van der Waals surface area contributed by atoms with Crippen LogP contribution in [-0.4, -0.2) is 114 Å². The predicted molar refractivity (Wildman–Crippen MR) is 163 cm³/mol. The summed E-state index contributed by atoms with van der Waals surface area (Å²) in [7, 11) is 1.68. The van der Waals surface area contributed by atoms with Crippen molar-refractivity contribution in [1.82, 2.24) is 29.6 Å². The molecule has 3 saturated heterocycles. The Labute approximate surface area is 251 Å². The second kappa shape index (κ2) is 13.1. The number of likely N-dealkylation sites (tertiary alicyclic amines) is 1. The molecule has 5 heterocycles. The number of pyridine rings is 1. The number of anilines is 1. The zero-order valence-corrected chi connectivity index (χ0v) is 25.0. The molecule has 10 nitrogen and oxygen atoms in total. The van der Waals surface area contributed by atoms with E-state index >= 15 is 0 Å². The Bertz CT molecular complexity index is 1330. The standard InChI is InChI=1S/C31H39N7O3S/c1-41-26-7-5-24(6-8-26)22-34-14-16-36(17-15-34)30(39)27-23-42-29(33-27)25-9-12-37(13-10-25)31(40)38-20-18-35(19-21-38)28-4-2-3-11-32-28/h2-8,11,23,25H,9-10,12-22H2,1H3. The Morgan fingerprint density at radius 1 is 0.857 bits per heavy atom. The molecule has 3 aromatic rings. The molecular formula is C31H39N7O3S. The minimum atomic E-state index is 0.0269. The van der Waals surface area contributed by atoms with Gasteiger partial charge in [0.1, 0.15) is 17.3 Å². The third-order valence-corrected chi connectivity index (χ3v) is 9.61. The number of methoxy groups -OCH3 is 1. The highest BCUT2D eigenvalue weighted by Gasteiger charge is 2.31. The maximum Gasteiger partial charge on any atom is 0.320 e. The summed E-state index contributed by atoms with van der Waals surface area (Å²) in [5.74, 6) is 2.16. The molecule has 0 spiro atoms. The van der Waals surface area contributed by atoms with E-state index in [2.05, 4.69) is 26.9 Å². The van der Waals surface area contributed by atoms with Gasteiger partial charge in [-0.1, -0.05) is 18.2 Å². The van der Waals surface area contributed by atoms with Crippen molar-refractivity contribution in [3.05, 3.63) is 70.3 Å². The van der Waals surface area contributed by atoms with Crippen LogP contribution in [0.1, 0.15) is 39.8 Å². The average Bonchev–Trinajstić information content (AvgIpc) is 3.56. The van der Waals surface area contributed by atoms with E-state index in [4.69, 9.17) is 9.72 Å². The third kappa shape index (κ3) is 6.52. The van der Waals surface area contributed by atoms with Crippen molar-refractivity contribution in [2.45, 2.75) is 25.3 Å². The van der Waals surface area contributed by atoms with Crippen molar-refractivity contribution >= 4 is 29.1 Å². The maximum absolute atomic E-state index is 13.2. The molecule has 0 aliphatic carbocycles. The fraction of sp³-hybridized carbons (Fsp3) is 0.484. The molecule has 0 N–H and O–H groups in total. The first-order valence-corrected chi connectivity index (χ1v) is 15.7. The number of thiazole rings is 1. The molecule has 2 aromatic heterocycles. The first kappa shape index (κ1) is 28.4. The summed E-state index contributed by atoms with van der Waals surface area (Å²) < 4.78 is 5.25. The van der Waals surface area contributed by atoms with Crippen LogP contribution >= 0.6 is 11.3 Å². The van der Waals surface area contributed by atoms with Gasteiger partial charge in [0.2, 0.25) is 0 Å². The Morgan fingerprint density at radius 3 is 2.21 bits per heavy atom. The number of hydrogen-bond acceptors (Lipinski definition) is 8. The molecule has 42 heavy (non-hydrogen) atoms. The Morgan fingerprint density at radius 2 is 1.55 bits per heavy atom. The summed E-state index contributed by atoms with van der Waals surface area (Å²) in [4.78, 5) is 46.2. The Hall–Kier alpha value is -3.70. The lowest BCUT2D eigenvalue weighted by Gasteiger charge is -2.39. The van der Waals surface area contributed by atoms with Crippen LogP contribution in [-0.2, 0) is 6.54 Å². The minimum Gasteiger partial charge on any atom is -0.497 e. The molecule has 0 bridgehead atoms. The van der Waals surface area contributed by atoms with Crippen LogP contribution in [0.25, 0.3) is 0 Å². The summed E-state index contributed by atoms with van der Waals surface area (Å²) >= 11 is 1.58. The number of aromatic nitrogens is 2. The van der Waals surface area contributed by atoms with Crippen LogP contribution in [0.15, 0.2) is 54.0 Å². The number of carbonyl (C=O) groups is 2. The summed E-state index contributed by atoms with van der Waals surface area (Å²) in [5.41, 5.74) is 1.80. The molecule has 11 heteroatoms. The second-order valence-corrected chi connectivity index (χ2v) is 12.1. The van der Waals surface area contributed by atoms with E-state index in [1.54, 1.807) is 18.4 Å². The van der Waals surface area contributed by atoms with Gasteiger partial charge < -0.3 is 24.3 Å². The van der Waals surface area contributed by atoms with E-state index in [1.165, 1.54) is 5.56 Å². The van der Waals surface area contributed by atoms with Gasteiger partial charge >= 0.3 is 6.03 Å². The van der Waals surface area contributed by atoms with Gasteiger partial charge in [0, 0.05) is 89.5 Å². The van der Waals surface area contributed by atoms with Gasteiger partial charge in [-0.25, -0.2) is 14.8 Å². The lowest BCUT2D eigenvalue weighted by molar-refractivity contribution is 0.0623. The topological polar surface area (TPSA) is 85.4 Å². The van der Waals surface area contributed by atoms with Crippen molar-refractivity contribution in [2.24, 2.45) is 0 Å². The van der Waals surface area contributed by atoms with Gasteiger partial charge in [-0.15, -0.1) is 11.3 Å². The van der Waals surface area contributed by atoms with E-state index in [0.717, 1.165) is 75.2 Å². The van der Waals surface area contributed by atoms with Crippen molar-refractivity contribution in [3.63, 3.8) is 0 Å². The van der Waals surface area contributed by atoms with Gasteiger partial charge in [0.15, 0.2) is 0 Å². The fourth-order valence-corrected chi connectivity index (χ4v) is 6.98. The van der Waals surface area contributed by atoms with Crippen molar-refractivity contribution in [2.75, 3.05) is 77.5 Å². The van der Waals surface area contributed by atoms with E-state index in [-0.39, 0.29) is 11.9 Å². The Kier molecular flexibility index (Phi) is 8.85. The fourth-order valence-electron chi connectivity index (χ4n) is 6.02. The number of nitrogens with zero attached hydrogens (tertiary/aromatic N) is 7. The lowest BCUT2D eigenvalue weighted by atomic mass is 9.98. The first-order valence-electron chi connectivity index (χ1n) is 14.9. The zero-order chi connectivity index (χ0) is 28.9. The number of urea groups is 1. The molecule has 222 valence electrons. The summed E-state index contributed by atoms with van der Waals surface area (Å²) in [6.45, 7) is 8.45. The molecule has 3 fully saturated rings. The summed E-state index contributed by atoms with van der Waals surface area (Å²) in [6, 6.07) is 14.2. The van der Waals surface area contributed by atoms with Crippen LogP contribution in [0, 0.1) is 0 Å². The molecule has 1 aromatic carbocycles. The van der Waals surface area contributed by atoms with E-state index in [9.17, 15) is 9.59 Å². The molecule has 0 atom stereocenters. The monoisotopic (exact) mass is 589 g/mol. The molecule has 0 unspecified atom stereocenters. The highest BCUT2D eigenvalue weighted by atomic mass is 32.1. The molecule has 3 aliphatic rings. The summed E-state index contributed by atoms with van der Waals surface area (Å²) in [6.07, 6.45) is 3.57. The van der Waals surface area contributed by atoms with Gasteiger partial charge in [-0.2, -0.15) is 0 Å². The smallest absolute Gasteiger partial charge is 0.320 e. The average molecular weight is 590 g/mol. The number of amides is 3. The number of rotatable bonds is 6. The Balaban J connectivity index is 0.943. The van der Waals surface area contributed by atoms with E-state index < -0.39 is 0 Å². The van der Waals surface area contributed by atoms with Gasteiger partial charge in [-0.3, -0.25) is 9.69 Å². The predicted octanol–water partition coefficient (Wildman–Crippen LogP) is 3.63. The summed E-state index contributed by atoms with van der Waals surface area (Å²) in [5, 5.41) is 2.94. The molecule has 3 amide bonds. The molecular weight excluding hydrogens is 550 g/mol. The molecule has 0 saturated carbocycles. The highest BCUT2D eigenvalue weighted by Crippen LogP contribution is 2.31. The van der Waals surface area contributed by atoms with Crippen LogP contribution < -0.4 is 9.64 Å². The SMILES string of the molecule is COc1ccc(CN2CCN(C(=O)c3csc(C4CCN(C(=O)N5CCN(c6ccccn6)CC5)CC4)n3)CC2)cc1. The highest BCUT2D eigenvalue weighted by molar-refractivity contribution is 7.09. The van der Waals surface area contributed by atoms with Gasteiger partial charge in [0.05, 0.1) is 12.1 Å². The lowest BCUT2D eigenvalue weighted by Crippen LogP contribution is -2.54. The van der Waals surface area contributed by atoms with Gasteiger partial charge in [0.25, 0.3) is 5.91 Å². The quantitative estimate of drug-likeness (QED) is 0.434. The van der Waals surface area contributed by atoms with Gasteiger partial charge in [-0.05, 0) is 42.7 Å². The number of ether oxygens (including phenoxy) is 1. The first-order chi connectivity index (χ1) is 20.6. The third-order valence-electron chi connectivity index (χ3n) is 8.60. The zero-order valence-electron chi connectivity index (χ0n) is 24.2. The molecule has 3 aliphatic heterocycles. The minimum absolute atomic E-state index is 0.0269. The van der Waals surface area contributed by atoms with Crippen molar-refractivity contribution in [1.29, 1.82) is 0 Å². The van der Waals surface area contributed by atoms with E-state index in [0.29, 0.717) is 37.8 Å². The molecule has 0 radical (unpaired) electrons. The van der Waals surface area contributed by atoms with Crippen LogP contribution in [0.4, 0.5) is 10.6 Å². The largest absolute Gasteiger partial charge is 0.497 e. The number of piperazine rings is 2. The van der Waals surface area contributed by atoms with E-state index in [1.807, 2.05) is 56.6 Å². The normalized spacial score (nSPS) is 18.8. The molecule has 6 rings (SSSR count). The van der Waals surface area contributed by atoms with Crippen LogP contribution in [0.2, 0.25) is 0 Å². The maximum atomic E-state index is 13.2. The number of benzene rings is 1. The second-order valence-electron chi connectivity index (χ2n) is 11.2. The number of carbonyl (C=O) groups excluding carboxylic acids is 2. The van der Waals surface area contributed by atoms with Crippen molar-refractivity contribution in [3.8, 4) is 5.75 Å². The number of hydrogen-bond donors (Lipinski definition) is 0. The van der Waals surface area contributed by atoms with Crippen molar-refractivity contribution < 1.29 is 14.3 Å².